The Bertz CT molecular complexity index is 887. The van der Waals surface area contributed by atoms with Crippen molar-refractivity contribution in [2.24, 2.45) is 5.73 Å². The van der Waals surface area contributed by atoms with Crippen LogP contribution in [0.3, 0.4) is 0 Å². The van der Waals surface area contributed by atoms with Crippen molar-refractivity contribution in [2.45, 2.75) is 19.9 Å². The molecule has 0 saturated heterocycles. The van der Waals surface area contributed by atoms with Gasteiger partial charge in [-0.3, -0.25) is 9.78 Å². The molecule has 0 aliphatic heterocycles. The number of rotatable bonds is 3. The van der Waals surface area contributed by atoms with Gasteiger partial charge in [0.25, 0.3) is 5.56 Å². The van der Waals surface area contributed by atoms with Gasteiger partial charge in [0.1, 0.15) is 5.69 Å². The third-order valence-corrected chi connectivity index (χ3v) is 3.86. The maximum absolute atomic E-state index is 12.2. The molecule has 1 unspecified atom stereocenters. The lowest BCUT2D eigenvalue weighted by Crippen LogP contribution is -2.24. The number of hydrogen-bond acceptors (Lipinski definition) is 4. The van der Waals surface area contributed by atoms with Gasteiger partial charge in [-0.1, -0.05) is 29.8 Å². The Balaban J connectivity index is 2.07. The predicted molar refractivity (Wildman–Crippen MR) is 90.0 cm³/mol. The summed E-state index contributed by atoms with van der Waals surface area (Å²) in [5.41, 5.74) is 11.0. The van der Waals surface area contributed by atoms with E-state index in [1.165, 1.54) is 0 Å². The number of aromatic amines is 1. The Morgan fingerprint density at radius 1 is 1.04 bits per heavy atom. The third kappa shape index (κ3) is 3.05. The summed E-state index contributed by atoms with van der Waals surface area (Å²) in [6.07, 6.45) is 1.69. The number of nitrogens with zero attached hydrogens (tertiary/aromatic N) is 2. The topological polar surface area (TPSA) is 84.7 Å². The van der Waals surface area contributed by atoms with Crippen LogP contribution in [0.2, 0.25) is 0 Å². The van der Waals surface area contributed by atoms with Crippen LogP contribution in [0.15, 0.2) is 53.5 Å². The van der Waals surface area contributed by atoms with Gasteiger partial charge in [0, 0.05) is 11.8 Å². The molecule has 0 saturated carbocycles. The number of H-pyrrole nitrogens is 1. The van der Waals surface area contributed by atoms with E-state index in [2.05, 4.69) is 21.2 Å². The van der Waals surface area contributed by atoms with Crippen LogP contribution in [-0.4, -0.2) is 15.2 Å². The monoisotopic (exact) mass is 306 g/mol. The summed E-state index contributed by atoms with van der Waals surface area (Å²) in [7, 11) is 0. The summed E-state index contributed by atoms with van der Waals surface area (Å²) in [6, 6.07) is 12.8. The lowest BCUT2D eigenvalue weighted by Gasteiger charge is -2.15. The van der Waals surface area contributed by atoms with Crippen LogP contribution in [0.1, 0.15) is 28.3 Å². The van der Waals surface area contributed by atoms with Crippen molar-refractivity contribution < 1.29 is 0 Å². The van der Waals surface area contributed by atoms with E-state index in [1.807, 2.05) is 44.2 Å². The fourth-order valence-corrected chi connectivity index (χ4v) is 2.64. The number of pyridine rings is 1. The molecule has 0 aliphatic carbocycles. The highest BCUT2D eigenvalue weighted by Gasteiger charge is 2.17. The minimum Gasteiger partial charge on any atom is -0.320 e. The number of aryl methyl sites for hydroxylation is 2. The molecule has 5 heteroatoms. The summed E-state index contributed by atoms with van der Waals surface area (Å²) in [4.78, 5) is 16.4. The number of hydrogen-bond donors (Lipinski definition) is 2. The van der Waals surface area contributed by atoms with Crippen LogP contribution in [0.5, 0.6) is 0 Å². The summed E-state index contributed by atoms with van der Waals surface area (Å²) in [5, 5.41) is 6.59. The number of aromatic nitrogens is 3. The van der Waals surface area contributed by atoms with E-state index >= 15 is 0 Å². The average Bonchev–Trinajstić information content (AvgIpc) is 2.55. The molecule has 3 aromatic rings. The van der Waals surface area contributed by atoms with Crippen LogP contribution < -0.4 is 11.3 Å². The lowest BCUT2D eigenvalue weighted by molar-refractivity contribution is 0.819. The molecule has 5 nitrogen and oxygen atoms in total. The fraction of sp³-hybridized carbons (Fsp3) is 0.167. The van der Waals surface area contributed by atoms with Gasteiger partial charge < -0.3 is 5.73 Å². The van der Waals surface area contributed by atoms with Gasteiger partial charge >= 0.3 is 0 Å². The van der Waals surface area contributed by atoms with E-state index in [-0.39, 0.29) is 5.56 Å². The minimum atomic E-state index is -0.509. The quantitative estimate of drug-likeness (QED) is 0.778. The van der Waals surface area contributed by atoms with Crippen molar-refractivity contribution in [2.75, 3.05) is 0 Å². The lowest BCUT2D eigenvalue weighted by atomic mass is 9.95. The summed E-state index contributed by atoms with van der Waals surface area (Å²) in [5.74, 6) is 0. The fourth-order valence-electron chi connectivity index (χ4n) is 2.64. The molecule has 0 spiro atoms. The Morgan fingerprint density at radius 3 is 2.57 bits per heavy atom. The Morgan fingerprint density at radius 2 is 1.87 bits per heavy atom. The summed E-state index contributed by atoms with van der Waals surface area (Å²) < 4.78 is 0. The van der Waals surface area contributed by atoms with Gasteiger partial charge in [-0.25, -0.2) is 5.10 Å². The maximum atomic E-state index is 12.2. The third-order valence-electron chi connectivity index (χ3n) is 3.86. The van der Waals surface area contributed by atoms with Crippen molar-refractivity contribution in [1.82, 2.24) is 15.2 Å². The zero-order valence-electron chi connectivity index (χ0n) is 13.1. The van der Waals surface area contributed by atoms with Gasteiger partial charge in [0.15, 0.2) is 0 Å². The second-order valence-corrected chi connectivity index (χ2v) is 5.59. The van der Waals surface area contributed by atoms with Crippen molar-refractivity contribution in [3.05, 3.63) is 81.3 Å². The predicted octanol–water partition coefficient (Wildman–Crippen LogP) is 2.50. The highest BCUT2D eigenvalue weighted by Crippen LogP contribution is 2.23. The molecule has 0 fully saturated rings. The normalized spacial score (nSPS) is 12.1. The summed E-state index contributed by atoms with van der Waals surface area (Å²) >= 11 is 0. The largest absolute Gasteiger partial charge is 0.320 e. The van der Waals surface area contributed by atoms with Crippen molar-refractivity contribution in [3.8, 4) is 11.4 Å². The van der Waals surface area contributed by atoms with Crippen molar-refractivity contribution in [1.29, 1.82) is 0 Å². The molecule has 2 aromatic heterocycles. The molecule has 116 valence electrons. The molecule has 1 aromatic carbocycles. The molecule has 23 heavy (non-hydrogen) atoms. The van der Waals surface area contributed by atoms with Gasteiger partial charge in [-0.15, -0.1) is 0 Å². The number of nitrogens with one attached hydrogen (secondary N) is 1. The second-order valence-electron chi connectivity index (χ2n) is 5.59. The first-order valence-corrected chi connectivity index (χ1v) is 7.40. The highest BCUT2D eigenvalue weighted by molar-refractivity contribution is 5.54. The van der Waals surface area contributed by atoms with Crippen LogP contribution >= 0.6 is 0 Å². The van der Waals surface area contributed by atoms with Crippen LogP contribution in [-0.2, 0) is 0 Å². The first-order valence-electron chi connectivity index (χ1n) is 7.40. The van der Waals surface area contributed by atoms with Crippen molar-refractivity contribution >= 4 is 0 Å². The zero-order valence-corrected chi connectivity index (χ0v) is 13.1. The van der Waals surface area contributed by atoms with Crippen LogP contribution in [0.25, 0.3) is 11.4 Å². The van der Waals surface area contributed by atoms with Gasteiger partial charge in [0.2, 0.25) is 0 Å². The van der Waals surface area contributed by atoms with Crippen molar-refractivity contribution in [3.63, 3.8) is 0 Å². The molecule has 1 atom stereocenters. The Labute approximate surface area is 134 Å². The molecular formula is C18H18N4O. The number of benzene rings is 1. The molecule has 2 heterocycles. The smallest absolute Gasteiger partial charge is 0.269 e. The maximum Gasteiger partial charge on any atom is 0.269 e. The molecule has 0 aliphatic rings. The first kappa shape index (κ1) is 15.1. The van der Waals surface area contributed by atoms with E-state index in [0.717, 1.165) is 16.7 Å². The van der Waals surface area contributed by atoms with Crippen LogP contribution in [0.4, 0.5) is 0 Å². The number of nitrogens with two attached hydrogens (primary N) is 1. The molecule has 3 N–H and O–H groups in total. The highest BCUT2D eigenvalue weighted by atomic mass is 16.1. The molecule has 3 rings (SSSR count). The second kappa shape index (κ2) is 6.14. The Hall–Kier alpha value is -2.79. The SMILES string of the molecule is Cc1ccc(C(N)c2cc(-c3ccccn3)n[nH]c2=O)c(C)c1. The van der Waals surface area contributed by atoms with E-state index in [9.17, 15) is 4.79 Å². The van der Waals surface area contributed by atoms with E-state index in [4.69, 9.17) is 5.73 Å². The molecule has 0 amide bonds. The average molecular weight is 306 g/mol. The van der Waals surface area contributed by atoms with Gasteiger partial charge in [-0.05, 0) is 43.2 Å². The molecular weight excluding hydrogens is 288 g/mol. The van der Waals surface area contributed by atoms with E-state index < -0.39 is 6.04 Å². The standard InChI is InChI=1S/C18H18N4O/c1-11-6-7-13(12(2)9-11)17(19)14-10-16(21-22-18(14)23)15-5-3-4-8-20-15/h3-10,17H,19H2,1-2H3,(H,22,23). The van der Waals surface area contributed by atoms with Gasteiger partial charge in [-0.2, -0.15) is 5.10 Å². The summed E-state index contributed by atoms with van der Waals surface area (Å²) in [6.45, 7) is 4.03. The zero-order chi connectivity index (χ0) is 16.4. The van der Waals surface area contributed by atoms with Gasteiger partial charge in [0.05, 0.1) is 11.7 Å². The van der Waals surface area contributed by atoms with E-state index in [0.29, 0.717) is 17.0 Å². The van der Waals surface area contributed by atoms with Crippen LogP contribution in [0, 0.1) is 13.8 Å². The Kier molecular flexibility index (Phi) is 4.04. The minimum absolute atomic E-state index is 0.280. The molecule has 0 radical (unpaired) electrons. The molecule has 0 bridgehead atoms. The van der Waals surface area contributed by atoms with E-state index in [1.54, 1.807) is 12.3 Å². The first-order chi connectivity index (χ1) is 11.1.